The number of hydrogen-bond acceptors (Lipinski definition) is 3. The summed E-state index contributed by atoms with van der Waals surface area (Å²) >= 11 is 0. The number of aryl methyl sites for hydroxylation is 1. The topological polar surface area (TPSA) is 75.3 Å². The molecule has 0 fully saturated rings. The Bertz CT molecular complexity index is 846. The van der Waals surface area contributed by atoms with Crippen LogP contribution >= 0.6 is 0 Å². The molecular weight excluding hydrogens is 336 g/mol. The van der Waals surface area contributed by atoms with Crippen molar-refractivity contribution in [3.8, 4) is 0 Å². The fourth-order valence-electron chi connectivity index (χ4n) is 2.18. The second-order valence-electron chi connectivity index (χ2n) is 6.45. The van der Waals surface area contributed by atoms with Gasteiger partial charge in [-0.1, -0.05) is 32.0 Å². The number of rotatable bonds is 6. The van der Waals surface area contributed by atoms with Gasteiger partial charge in [-0.25, -0.2) is 8.42 Å². The lowest BCUT2D eigenvalue weighted by atomic mass is 10.0. The van der Waals surface area contributed by atoms with Crippen molar-refractivity contribution in [3.63, 3.8) is 0 Å². The number of hydrogen-bond donors (Lipinski definition) is 2. The smallest absolute Gasteiger partial charge is 0.261 e. The first-order chi connectivity index (χ1) is 11.7. The van der Waals surface area contributed by atoms with Gasteiger partial charge in [0.25, 0.3) is 15.9 Å². The van der Waals surface area contributed by atoms with Gasteiger partial charge in [0, 0.05) is 11.6 Å². The van der Waals surface area contributed by atoms with Crippen molar-refractivity contribution in [3.05, 3.63) is 59.7 Å². The number of benzene rings is 2. The van der Waals surface area contributed by atoms with Crippen LogP contribution in [0.15, 0.2) is 53.4 Å². The Morgan fingerprint density at radius 1 is 1.00 bits per heavy atom. The number of anilines is 1. The summed E-state index contributed by atoms with van der Waals surface area (Å²) in [6.45, 7) is 7.80. The molecule has 25 heavy (non-hydrogen) atoms. The largest absolute Gasteiger partial charge is 0.349 e. The summed E-state index contributed by atoms with van der Waals surface area (Å²) in [5.74, 6) is 0.170. The molecule has 5 nitrogen and oxygen atoms in total. The van der Waals surface area contributed by atoms with Crippen molar-refractivity contribution in [1.29, 1.82) is 0 Å². The molecule has 0 unspecified atom stereocenters. The summed E-state index contributed by atoms with van der Waals surface area (Å²) in [5.41, 5.74) is 1.65. The van der Waals surface area contributed by atoms with Crippen molar-refractivity contribution in [2.45, 2.75) is 38.6 Å². The molecule has 0 aliphatic heterocycles. The number of amides is 1. The minimum Gasteiger partial charge on any atom is -0.349 e. The van der Waals surface area contributed by atoms with Crippen LogP contribution in [-0.4, -0.2) is 20.4 Å². The molecule has 134 valence electrons. The predicted molar refractivity (Wildman–Crippen MR) is 100 cm³/mol. The molecule has 0 spiro atoms. The van der Waals surface area contributed by atoms with Crippen LogP contribution in [0.5, 0.6) is 0 Å². The number of carbonyl (C=O) groups excluding carboxylic acids is 1. The van der Waals surface area contributed by atoms with Crippen LogP contribution in [0.25, 0.3) is 0 Å². The Morgan fingerprint density at radius 3 is 2.20 bits per heavy atom. The lowest BCUT2D eigenvalue weighted by Crippen LogP contribution is -2.36. The van der Waals surface area contributed by atoms with Crippen molar-refractivity contribution in [1.82, 2.24) is 5.32 Å². The summed E-state index contributed by atoms with van der Waals surface area (Å²) in [6.07, 6.45) is 0. The monoisotopic (exact) mass is 360 g/mol. The van der Waals surface area contributed by atoms with E-state index in [1.165, 1.54) is 12.1 Å². The lowest BCUT2D eigenvalue weighted by Gasteiger charge is -2.18. The molecule has 0 aliphatic rings. The second kappa shape index (κ2) is 7.70. The van der Waals surface area contributed by atoms with Crippen LogP contribution in [0, 0.1) is 12.8 Å². The zero-order valence-electron chi connectivity index (χ0n) is 14.9. The van der Waals surface area contributed by atoms with E-state index in [0.29, 0.717) is 22.7 Å². The minimum atomic E-state index is -3.65. The van der Waals surface area contributed by atoms with Crippen molar-refractivity contribution in [2.24, 2.45) is 5.92 Å². The van der Waals surface area contributed by atoms with Gasteiger partial charge in [-0.05, 0) is 55.7 Å². The van der Waals surface area contributed by atoms with Gasteiger partial charge in [0.15, 0.2) is 0 Å². The Kier molecular flexibility index (Phi) is 5.85. The average Bonchev–Trinajstić information content (AvgIpc) is 2.57. The molecule has 0 aliphatic carbocycles. The zero-order valence-corrected chi connectivity index (χ0v) is 15.7. The van der Waals surface area contributed by atoms with Crippen LogP contribution in [0.2, 0.25) is 0 Å². The van der Waals surface area contributed by atoms with E-state index >= 15 is 0 Å². The van der Waals surface area contributed by atoms with Crippen molar-refractivity contribution in [2.75, 3.05) is 4.72 Å². The van der Waals surface area contributed by atoms with E-state index in [9.17, 15) is 13.2 Å². The van der Waals surface area contributed by atoms with Crippen molar-refractivity contribution >= 4 is 21.6 Å². The first-order valence-corrected chi connectivity index (χ1v) is 9.68. The average molecular weight is 360 g/mol. The van der Waals surface area contributed by atoms with E-state index in [-0.39, 0.29) is 16.8 Å². The van der Waals surface area contributed by atoms with Gasteiger partial charge in [-0.2, -0.15) is 0 Å². The minimum absolute atomic E-state index is 0.0593. The van der Waals surface area contributed by atoms with Gasteiger partial charge in [0.2, 0.25) is 0 Å². The number of carbonyl (C=O) groups is 1. The van der Waals surface area contributed by atoms with Crippen molar-refractivity contribution < 1.29 is 13.2 Å². The molecule has 0 saturated carbocycles. The molecule has 0 saturated heterocycles. The Hall–Kier alpha value is -2.34. The Balaban J connectivity index is 2.19. The zero-order chi connectivity index (χ0) is 18.6. The van der Waals surface area contributed by atoms with E-state index in [4.69, 9.17) is 0 Å². The van der Waals surface area contributed by atoms with Crippen LogP contribution in [0.3, 0.4) is 0 Å². The first kappa shape index (κ1) is 19.0. The Labute approximate surface area is 149 Å². The summed E-state index contributed by atoms with van der Waals surface area (Å²) in [7, 11) is -3.65. The second-order valence-corrected chi connectivity index (χ2v) is 8.14. The van der Waals surface area contributed by atoms with Gasteiger partial charge in [0.05, 0.1) is 10.6 Å². The van der Waals surface area contributed by atoms with E-state index in [1.54, 1.807) is 43.3 Å². The summed E-state index contributed by atoms with van der Waals surface area (Å²) in [4.78, 5) is 12.5. The van der Waals surface area contributed by atoms with E-state index < -0.39 is 10.0 Å². The molecule has 0 heterocycles. The highest BCUT2D eigenvalue weighted by atomic mass is 32.2. The normalized spacial score (nSPS) is 12.7. The highest BCUT2D eigenvalue weighted by Crippen LogP contribution is 2.21. The third kappa shape index (κ3) is 4.82. The first-order valence-electron chi connectivity index (χ1n) is 8.20. The van der Waals surface area contributed by atoms with Gasteiger partial charge < -0.3 is 5.32 Å². The van der Waals surface area contributed by atoms with Crippen LogP contribution in [0.1, 0.15) is 36.7 Å². The van der Waals surface area contributed by atoms with Crippen LogP contribution < -0.4 is 10.0 Å². The Morgan fingerprint density at radius 2 is 1.64 bits per heavy atom. The third-order valence-electron chi connectivity index (χ3n) is 4.15. The SMILES string of the molecule is Cc1cc(C(=O)N[C@@H](C)C(C)C)ccc1NS(=O)(=O)c1ccccc1. The molecule has 1 amide bonds. The maximum Gasteiger partial charge on any atom is 0.261 e. The molecule has 0 radical (unpaired) electrons. The molecule has 2 aromatic carbocycles. The molecule has 6 heteroatoms. The predicted octanol–water partition coefficient (Wildman–Crippen LogP) is 3.57. The quantitative estimate of drug-likeness (QED) is 0.827. The highest BCUT2D eigenvalue weighted by molar-refractivity contribution is 7.92. The van der Waals surface area contributed by atoms with Gasteiger partial charge >= 0.3 is 0 Å². The summed E-state index contributed by atoms with van der Waals surface area (Å²) in [6, 6.07) is 13.2. The molecule has 0 bridgehead atoms. The van der Waals surface area contributed by atoms with E-state index in [1.807, 2.05) is 20.8 Å². The molecule has 1 atom stereocenters. The van der Waals surface area contributed by atoms with Crippen LogP contribution in [-0.2, 0) is 10.0 Å². The van der Waals surface area contributed by atoms with Gasteiger partial charge in [-0.15, -0.1) is 0 Å². The summed E-state index contributed by atoms with van der Waals surface area (Å²) < 4.78 is 27.4. The lowest BCUT2D eigenvalue weighted by molar-refractivity contribution is 0.0930. The maximum absolute atomic E-state index is 12.4. The maximum atomic E-state index is 12.4. The summed E-state index contributed by atoms with van der Waals surface area (Å²) in [5, 5.41) is 2.94. The fourth-order valence-corrected chi connectivity index (χ4v) is 3.33. The molecule has 0 aromatic heterocycles. The van der Waals surface area contributed by atoms with E-state index in [2.05, 4.69) is 10.0 Å². The molecule has 2 N–H and O–H groups in total. The fraction of sp³-hybridized carbons (Fsp3) is 0.316. The van der Waals surface area contributed by atoms with Gasteiger partial charge in [-0.3, -0.25) is 9.52 Å². The van der Waals surface area contributed by atoms with Gasteiger partial charge in [0.1, 0.15) is 0 Å². The molecular formula is C19H24N2O3S. The third-order valence-corrected chi connectivity index (χ3v) is 5.53. The standard InChI is InChI=1S/C19H24N2O3S/c1-13(2)15(4)20-19(22)16-10-11-18(14(3)12-16)21-25(23,24)17-8-6-5-7-9-17/h5-13,15,21H,1-4H3,(H,20,22)/t15-/m0/s1. The van der Waals surface area contributed by atoms with Crippen LogP contribution in [0.4, 0.5) is 5.69 Å². The van der Waals surface area contributed by atoms with E-state index in [0.717, 1.165) is 0 Å². The number of nitrogens with one attached hydrogen (secondary N) is 2. The number of sulfonamides is 1. The highest BCUT2D eigenvalue weighted by Gasteiger charge is 2.17. The molecule has 2 rings (SSSR count). The molecule has 2 aromatic rings.